The maximum Gasteiger partial charge on any atom is 0.300 e. The summed E-state index contributed by atoms with van der Waals surface area (Å²) in [7, 11) is 1.00. The molecule has 0 aromatic heterocycles. The molecule has 0 aromatic carbocycles. The second-order valence-electron chi connectivity index (χ2n) is 2.23. The smallest absolute Gasteiger partial charge is 0.300 e. The van der Waals surface area contributed by atoms with E-state index in [2.05, 4.69) is 13.8 Å². The first kappa shape index (κ1) is 22.8. The fourth-order valence-electron chi connectivity index (χ4n) is 0.500. The standard InChI is InChI=1S/C6H14.C2H4O2.CH4O.H2O/c1-3-5-6-4-2;1-2(3)4;1-2;/h3-6H2,1-2H3;1H3,(H,3,4);2H,1H3;1H2. The summed E-state index contributed by atoms with van der Waals surface area (Å²) in [5, 5.41) is 14.4. The van der Waals surface area contributed by atoms with Crippen LogP contribution in [0.2, 0.25) is 0 Å². The molecule has 0 aliphatic rings. The van der Waals surface area contributed by atoms with Gasteiger partial charge >= 0.3 is 0 Å². The van der Waals surface area contributed by atoms with Crippen molar-refractivity contribution in [1.29, 1.82) is 0 Å². The van der Waals surface area contributed by atoms with Crippen LogP contribution in [0.1, 0.15) is 46.5 Å². The van der Waals surface area contributed by atoms with Gasteiger partial charge in [0.25, 0.3) is 5.97 Å². The third kappa shape index (κ3) is 176. The number of carboxylic acids is 1. The van der Waals surface area contributed by atoms with Crippen LogP contribution in [-0.4, -0.2) is 28.8 Å². The molecule has 4 heteroatoms. The monoisotopic (exact) mass is 196 g/mol. The summed E-state index contributed by atoms with van der Waals surface area (Å²) in [6, 6.07) is 0. The third-order valence-electron chi connectivity index (χ3n) is 0.957. The van der Waals surface area contributed by atoms with Gasteiger partial charge in [-0.25, -0.2) is 0 Å². The van der Waals surface area contributed by atoms with E-state index in [9.17, 15) is 0 Å². The van der Waals surface area contributed by atoms with Crippen molar-refractivity contribution in [2.24, 2.45) is 0 Å². The summed E-state index contributed by atoms with van der Waals surface area (Å²) >= 11 is 0. The Bertz CT molecular complexity index is 66.0. The molecule has 0 fully saturated rings. The van der Waals surface area contributed by atoms with Crippen molar-refractivity contribution in [3.8, 4) is 0 Å². The first-order valence-electron chi connectivity index (χ1n) is 4.29. The van der Waals surface area contributed by atoms with Crippen molar-refractivity contribution >= 4 is 5.97 Å². The lowest BCUT2D eigenvalue weighted by Gasteiger charge is -1.86. The average Bonchev–Trinajstić information content (AvgIpc) is 2.04. The largest absolute Gasteiger partial charge is 0.481 e. The molecule has 4 N–H and O–H groups in total. The van der Waals surface area contributed by atoms with E-state index in [1.807, 2.05) is 0 Å². The normalized spacial score (nSPS) is 6.54. The number of hydrogen-bond acceptors (Lipinski definition) is 2. The minimum atomic E-state index is -0.833. The number of rotatable bonds is 3. The molecule has 0 bridgehead atoms. The Labute approximate surface area is 80.9 Å². The lowest BCUT2D eigenvalue weighted by atomic mass is 10.2. The molecule has 0 rings (SSSR count). The van der Waals surface area contributed by atoms with Crippen molar-refractivity contribution < 1.29 is 20.5 Å². The molecule has 13 heavy (non-hydrogen) atoms. The fourth-order valence-corrected chi connectivity index (χ4v) is 0.500. The van der Waals surface area contributed by atoms with E-state index in [-0.39, 0.29) is 5.48 Å². The highest BCUT2D eigenvalue weighted by Gasteiger charge is 1.75. The number of unbranched alkanes of at least 4 members (excludes halogenated alkanes) is 3. The molecule has 0 spiro atoms. The van der Waals surface area contributed by atoms with Gasteiger partial charge in [0.05, 0.1) is 0 Å². The Morgan fingerprint density at radius 3 is 1.31 bits per heavy atom. The molecule has 0 heterocycles. The van der Waals surface area contributed by atoms with E-state index in [4.69, 9.17) is 15.0 Å². The molecule has 84 valence electrons. The van der Waals surface area contributed by atoms with Crippen LogP contribution in [-0.2, 0) is 4.79 Å². The molecular weight excluding hydrogens is 172 g/mol. The molecule has 0 atom stereocenters. The van der Waals surface area contributed by atoms with Gasteiger partial charge in [-0.05, 0) is 0 Å². The zero-order valence-electron chi connectivity index (χ0n) is 9.13. The molecule has 0 radical (unpaired) electrons. The van der Waals surface area contributed by atoms with E-state index in [0.29, 0.717) is 0 Å². The van der Waals surface area contributed by atoms with Gasteiger partial charge in [-0.3, -0.25) is 4.79 Å². The molecule has 0 aromatic rings. The quantitative estimate of drug-likeness (QED) is 0.670. The van der Waals surface area contributed by atoms with Crippen LogP contribution in [0.25, 0.3) is 0 Å². The highest BCUT2D eigenvalue weighted by molar-refractivity contribution is 5.62. The van der Waals surface area contributed by atoms with Crippen LogP contribution in [0, 0.1) is 0 Å². The van der Waals surface area contributed by atoms with Crippen LogP contribution < -0.4 is 0 Å². The summed E-state index contributed by atoms with van der Waals surface area (Å²) < 4.78 is 0. The summed E-state index contributed by atoms with van der Waals surface area (Å²) in [6.45, 7) is 5.55. The maximum atomic E-state index is 9.00. The van der Waals surface area contributed by atoms with Crippen molar-refractivity contribution in [2.45, 2.75) is 46.5 Å². The van der Waals surface area contributed by atoms with Gasteiger partial charge in [0.15, 0.2) is 0 Å². The number of aliphatic hydroxyl groups is 1. The van der Waals surface area contributed by atoms with Crippen molar-refractivity contribution in [2.75, 3.05) is 7.11 Å². The topological polar surface area (TPSA) is 89.0 Å². The summed E-state index contributed by atoms with van der Waals surface area (Å²) in [5.41, 5.74) is 0. The van der Waals surface area contributed by atoms with Gasteiger partial charge in [-0.1, -0.05) is 39.5 Å². The van der Waals surface area contributed by atoms with Crippen molar-refractivity contribution in [1.82, 2.24) is 0 Å². The van der Waals surface area contributed by atoms with Crippen LogP contribution in [0.4, 0.5) is 0 Å². The van der Waals surface area contributed by atoms with Crippen LogP contribution in [0.15, 0.2) is 0 Å². The van der Waals surface area contributed by atoms with Gasteiger partial charge in [0.1, 0.15) is 0 Å². The Morgan fingerprint density at radius 2 is 1.23 bits per heavy atom. The first-order chi connectivity index (χ1) is 5.65. The highest BCUT2D eigenvalue weighted by Crippen LogP contribution is 1.95. The molecular formula is C9H24O4. The predicted octanol–water partition coefficient (Wildman–Crippen LogP) is 1.46. The van der Waals surface area contributed by atoms with Crippen LogP contribution in [0.5, 0.6) is 0 Å². The minimum Gasteiger partial charge on any atom is -0.481 e. The second kappa shape index (κ2) is 30.1. The Hall–Kier alpha value is -0.610. The molecule has 4 nitrogen and oxygen atoms in total. The molecule has 0 amide bonds. The lowest BCUT2D eigenvalue weighted by Crippen LogP contribution is -1.78. The van der Waals surface area contributed by atoms with E-state index >= 15 is 0 Å². The summed E-state index contributed by atoms with van der Waals surface area (Å²) in [5.74, 6) is -0.833. The Kier molecular flexibility index (Phi) is 52.9. The van der Waals surface area contributed by atoms with E-state index < -0.39 is 5.97 Å². The van der Waals surface area contributed by atoms with Crippen LogP contribution >= 0.6 is 0 Å². The molecule has 0 unspecified atom stereocenters. The van der Waals surface area contributed by atoms with Gasteiger partial charge in [-0.2, -0.15) is 0 Å². The van der Waals surface area contributed by atoms with Gasteiger partial charge in [0.2, 0.25) is 0 Å². The molecule has 0 saturated carbocycles. The average molecular weight is 196 g/mol. The lowest BCUT2D eigenvalue weighted by molar-refractivity contribution is -0.134. The van der Waals surface area contributed by atoms with Crippen molar-refractivity contribution in [3.05, 3.63) is 0 Å². The Balaban J connectivity index is -0.0000000512. The van der Waals surface area contributed by atoms with Gasteiger partial charge < -0.3 is 15.7 Å². The van der Waals surface area contributed by atoms with Crippen molar-refractivity contribution in [3.63, 3.8) is 0 Å². The van der Waals surface area contributed by atoms with Gasteiger partial charge in [0, 0.05) is 14.0 Å². The molecule has 0 saturated heterocycles. The highest BCUT2D eigenvalue weighted by atomic mass is 16.4. The second-order valence-corrected chi connectivity index (χ2v) is 2.23. The predicted molar refractivity (Wildman–Crippen MR) is 54.9 cm³/mol. The maximum absolute atomic E-state index is 9.00. The van der Waals surface area contributed by atoms with E-state index in [1.165, 1.54) is 25.7 Å². The minimum absolute atomic E-state index is 0. The van der Waals surface area contributed by atoms with Gasteiger partial charge in [-0.15, -0.1) is 0 Å². The number of hydrogen-bond donors (Lipinski definition) is 2. The SMILES string of the molecule is CC(=O)O.CCCCCC.CO.O. The summed E-state index contributed by atoms with van der Waals surface area (Å²) in [4.78, 5) is 9.00. The number of carbonyl (C=O) groups is 1. The molecule has 0 aliphatic carbocycles. The van der Waals surface area contributed by atoms with Crippen LogP contribution in [0.3, 0.4) is 0 Å². The number of aliphatic carboxylic acids is 1. The van der Waals surface area contributed by atoms with E-state index in [0.717, 1.165) is 14.0 Å². The Morgan fingerprint density at radius 1 is 1.08 bits per heavy atom. The summed E-state index contributed by atoms with van der Waals surface area (Å²) in [6.07, 6.45) is 5.54. The molecule has 0 aliphatic heterocycles. The number of carboxylic acid groups (broad SMARTS) is 1. The zero-order valence-corrected chi connectivity index (χ0v) is 9.13. The fraction of sp³-hybridized carbons (Fsp3) is 0.889. The first-order valence-corrected chi connectivity index (χ1v) is 4.29. The third-order valence-corrected chi connectivity index (χ3v) is 0.957. The van der Waals surface area contributed by atoms with E-state index in [1.54, 1.807) is 0 Å². The zero-order chi connectivity index (χ0) is 10.4. The number of aliphatic hydroxyl groups excluding tert-OH is 1.